The van der Waals surface area contributed by atoms with Crippen LogP contribution in [0.2, 0.25) is 5.02 Å². The van der Waals surface area contributed by atoms with Gasteiger partial charge in [-0.25, -0.2) is 4.79 Å². The van der Waals surface area contributed by atoms with E-state index in [9.17, 15) is 9.90 Å². The van der Waals surface area contributed by atoms with Crippen molar-refractivity contribution in [2.45, 2.75) is 13.3 Å². The lowest BCUT2D eigenvalue weighted by Crippen LogP contribution is -2.09. The Morgan fingerprint density at radius 3 is 2.64 bits per heavy atom. The molecule has 3 aromatic carbocycles. The van der Waals surface area contributed by atoms with Gasteiger partial charge in [0.2, 0.25) is 0 Å². The maximum atomic E-state index is 12.3. The van der Waals surface area contributed by atoms with Gasteiger partial charge in [-0.2, -0.15) is 0 Å². The average Bonchev–Trinajstić information content (AvgIpc) is 2.69. The molecule has 28 heavy (non-hydrogen) atoms. The SMILES string of the molecule is Cc1cccc(C(=O)Oc2cc(Cl)cc(C=NCCc3ccccc3)c2O)c1. The van der Waals surface area contributed by atoms with Crippen LogP contribution in [0.1, 0.15) is 27.0 Å². The number of hydrogen-bond acceptors (Lipinski definition) is 4. The average molecular weight is 394 g/mol. The number of rotatable bonds is 6. The summed E-state index contributed by atoms with van der Waals surface area (Å²) in [5.74, 6) is -0.731. The van der Waals surface area contributed by atoms with Crippen molar-refractivity contribution in [2.75, 3.05) is 6.54 Å². The standard InChI is InChI=1S/C23H20ClNO3/c1-16-6-5-9-18(12-16)23(27)28-21-14-20(24)13-19(22(21)26)15-25-11-10-17-7-3-2-4-8-17/h2-9,12-15,26H,10-11H2,1H3. The van der Waals surface area contributed by atoms with Crippen molar-refractivity contribution in [3.05, 3.63) is 94.0 Å². The first kappa shape index (κ1) is 19.6. The predicted octanol–water partition coefficient (Wildman–Crippen LogP) is 5.23. The molecule has 0 saturated carbocycles. The molecule has 0 unspecified atom stereocenters. The van der Waals surface area contributed by atoms with Crippen LogP contribution in [-0.2, 0) is 6.42 Å². The monoisotopic (exact) mass is 393 g/mol. The van der Waals surface area contributed by atoms with E-state index in [-0.39, 0.29) is 11.5 Å². The molecule has 0 saturated heterocycles. The summed E-state index contributed by atoms with van der Waals surface area (Å²) in [6.07, 6.45) is 2.32. The van der Waals surface area contributed by atoms with Crippen LogP contribution in [0.3, 0.4) is 0 Å². The first-order valence-corrected chi connectivity index (χ1v) is 9.26. The van der Waals surface area contributed by atoms with Crippen LogP contribution in [0.25, 0.3) is 0 Å². The molecule has 0 amide bonds. The Morgan fingerprint density at radius 1 is 1.11 bits per heavy atom. The zero-order valence-corrected chi connectivity index (χ0v) is 16.2. The normalized spacial score (nSPS) is 10.9. The number of hydrogen-bond donors (Lipinski definition) is 1. The predicted molar refractivity (Wildman–Crippen MR) is 112 cm³/mol. The molecule has 0 aromatic heterocycles. The molecule has 0 radical (unpaired) electrons. The van der Waals surface area contributed by atoms with Crippen LogP contribution < -0.4 is 4.74 Å². The first-order chi connectivity index (χ1) is 13.5. The fourth-order valence-corrected chi connectivity index (χ4v) is 2.92. The van der Waals surface area contributed by atoms with E-state index in [1.54, 1.807) is 24.3 Å². The summed E-state index contributed by atoms with van der Waals surface area (Å²) < 4.78 is 5.35. The van der Waals surface area contributed by atoms with Gasteiger partial charge in [0, 0.05) is 29.4 Å². The smallest absolute Gasteiger partial charge is 0.343 e. The third-order valence-corrected chi connectivity index (χ3v) is 4.35. The molecule has 5 heteroatoms. The fraction of sp³-hybridized carbons (Fsp3) is 0.130. The maximum Gasteiger partial charge on any atom is 0.343 e. The van der Waals surface area contributed by atoms with Gasteiger partial charge < -0.3 is 9.84 Å². The minimum atomic E-state index is -0.562. The van der Waals surface area contributed by atoms with Crippen molar-refractivity contribution in [2.24, 2.45) is 4.99 Å². The minimum absolute atomic E-state index is 0.00326. The van der Waals surface area contributed by atoms with E-state index < -0.39 is 5.97 Å². The third-order valence-electron chi connectivity index (χ3n) is 4.13. The molecule has 0 aliphatic carbocycles. The number of phenolic OH excluding ortho intramolecular Hbond substituents is 1. The van der Waals surface area contributed by atoms with Gasteiger partial charge in [-0.3, -0.25) is 4.99 Å². The lowest BCUT2D eigenvalue weighted by molar-refractivity contribution is 0.0729. The third kappa shape index (κ3) is 5.21. The maximum absolute atomic E-state index is 12.3. The zero-order chi connectivity index (χ0) is 19.9. The van der Waals surface area contributed by atoms with Gasteiger partial charge in [0.1, 0.15) is 0 Å². The highest BCUT2D eigenvalue weighted by Gasteiger charge is 2.15. The van der Waals surface area contributed by atoms with Crippen molar-refractivity contribution >= 4 is 23.8 Å². The molecule has 3 aromatic rings. The molecule has 3 rings (SSSR count). The van der Waals surface area contributed by atoms with E-state index in [2.05, 4.69) is 4.99 Å². The van der Waals surface area contributed by atoms with Crippen molar-refractivity contribution in [3.63, 3.8) is 0 Å². The highest BCUT2D eigenvalue weighted by Crippen LogP contribution is 2.33. The number of carbonyl (C=O) groups is 1. The van der Waals surface area contributed by atoms with Gasteiger partial charge in [-0.15, -0.1) is 0 Å². The van der Waals surface area contributed by atoms with Gasteiger partial charge in [0.25, 0.3) is 0 Å². The molecule has 0 spiro atoms. The quantitative estimate of drug-likeness (QED) is 0.354. The highest BCUT2D eigenvalue weighted by molar-refractivity contribution is 6.31. The van der Waals surface area contributed by atoms with Crippen molar-refractivity contribution in [1.29, 1.82) is 0 Å². The number of halogens is 1. The van der Waals surface area contributed by atoms with E-state index in [1.165, 1.54) is 17.8 Å². The molecule has 4 nitrogen and oxygen atoms in total. The van der Waals surface area contributed by atoms with Crippen LogP contribution >= 0.6 is 11.6 Å². The molecular formula is C23H20ClNO3. The molecule has 0 aliphatic heterocycles. The Labute approximate surface area is 169 Å². The molecule has 0 fully saturated rings. The molecule has 1 N–H and O–H groups in total. The van der Waals surface area contributed by atoms with Crippen LogP contribution in [0.15, 0.2) is 71.7 Å². The highest BCUT2D eigenvalue weighted by atomic mass is 35.5. The van der Waals surface area contributed by atoms with Gasteiger partial charge in [-0.05, 0) is 37.1 Å². The number of aromatic hydroxyl groups is 1. The fourth-order valence-electron chi connectivity index (χ4n) is 2.70. The molecule has 0 aliphatic rings. The summed E-state index contributed by atoms with van der Waals surface area (Å²) in [7, 11) is 0. The number of ether oxygens (including phenoxy) is 1. The second-order valence-corrected chi connectivity index (χ2v) is 6.81. The Balaban J connectivity index is 1.72. The number of esters is 1. The van der Waals surface area contributed by atoms with Gasteiger partial charge >= 0.3 is 5.97 Å². The van der Waals surface area contributed by atoms with Gasteiger partial charge in [0.15, 0.2) is 11.5 Å². The number of phenols is 1. The van der Waals surface area contributed by atoms with Gasteiger partial charge in [-0.1, -0.05) is 59.6 Å². The Morgan fingerprint density at radius 2 is 1.89 bits per heavy atom. The van der Waals surface area contributed by atoms with Crippen LogP contribution in [-0.4, -0.2) is 23.8 Å². The molecule has 0 heterocycles. The van der Waals surface area contributed by atoms with E-state index in [1.807, 2.05) is 43.3 Å². The summed E-state index contributed by atoms with van der Waals surface area (Å²) in [6.45, 7) is 2.45. The lowest BCUT2D eigenvalue weighted by atomic mass is 10.1. The van der Waals surface area contributed by atoms with Crippen LogP contribution in [0.4, 0.5) is 0 Å². The molecule has 0 atom stereocenters. The Kier molecular flexibility index (Phi) is 6.45. The van der Waals surface area contributed by atoms with Gasteiger partial charge in [0.05, 0.1) is 5.56 Å². The van der Waals surface area contributed by atoms with Crippen molar-refractivity contribution in [1.82, 2.24) is 0 Å². The Bertz CT molecular complexity index is 1000. The van der Waals surface area contributed by atoms with Crippen molar-refractivity contribution < 1.29 is 14.6 Å². The zero-order valence-electron chi connectivity index (χ0n) is 15.4. The summed E-state index contributed by atoms with van der Waals surface area (Å²) in [6, 6.07) is 20.0. The summed E-state index contributed by atoms with van der Waals surface area (Å²) in [4.78, 5) is 16.7. The summed E-state index contributed by atoms with van der Waals surface area (Å²) in [5, 5.41) is 10.8. The minimum Gasteiger partial charge on any atom is -0.504 e. The van der Waals surface area contributed by atoms with Crippen LogP contribution in [0.5, 0.6) is 11.5 Å². The number of aliphatic imine (C=N–C) groups is 1. The molecular weight excluding hydrogens is 374 g/mol. The summed E-state index contributed by atoms with van der Waals surface area (Å²) in [5.41, 5.74) is 2.92. The summed E-state index contributed by atoms with van der Waals surface area (Å²) >= 11 is 6.12. The molecule has 142 valence electrons. The number of aryl methyl sites for hydroxylation is 1. The number of benzene rings is 3. The van der Waals surface area contributed by atoms with E-state index >= 15 is 0 Å². The van der Waals surface area contributed by atoms with E-state index in [0.29, 0.717) is 22.7 Å². The topological polar surface area (TPSA) is 58.9 Å². The number of nitrogens with zero attached hydrogens (tertiary/aromatic N) is 1. The largest absolute Gasteiger partial charge is 0.504 e. The van der Waals surface area contributed by atoms with E-state index in [0.717, 1.165) is 12.0 Å². The van der Waals surface area contributed by atoms with Crippen molar-refractivity contribution in [3.8, 4) is 11.5 Å². The molecule has 0 bridgehead atoms. The van der Waals surface area contributed by atoms with E-state index in [4.69, 9.17) is 16.3 Å². The Hall–Kier alpha value is -3.11. The second kappa shape index (κ2) is 9.20. The number of carbonyl (C=O) groups excluding carboxylic acids is 1. The lowest BCUT2D eigenvalue weighted by Gasteiger charge is -2.09. The first-order valence-electron chi connectivity index (χ1n) is 8.88. The second-order valence-electron chi connectivity index (χ2n) is 6.37. The van der Waals surface area contributed by atoms with Crippen LogP contribution in [0, 0.1) is 6.92 Å².